The molecular weight excluding hydrogens is 784 g/mol. The summed E-state index contributed by atoms with van der Waals surface area (Å²) in [6, 6.07) is 8.60. The fourth-order valence-corrected chi connectivity index (χ4v) is 7.39. The molecule has 2 aromatic rings. The number of carbonyl (C=O) groups excluding carboxylic acids is 8. The van der Waals surface area contributed by atoms with E-state index in [1.54, 1.807) is 61.5 Å². The number of amides is 8. The lowest BCUT2D eigenvalue weighted by atomic mass is 9.83. The van der Waals surface area contributed by atoms with Crippen molar-refractivity contribution in [2.75, 3.05) is 25.0 Å². The zero-order valence-corrected chi connectivity index (χ0v) is 34.3. The topological polar surface area (TPSA) is 247 Å². The third kappa shape index (κ3) is 14.0. The molecule has 8 N–H and O–H groups in total. The van der Waals surface area contributed by atoms with Crippen molar-refractivity contribution in [2.45, 2.75) is 102 Å². The van der Waals surface area contributed by atoms with Crippen LogP contribution in [0.2, 0.25) is 5.02 Å². The lowest BCUT2D eigenvalue weighted by Gasteiger charge is -2.34. The Bertz CT molecular complexity index is 1820. The summed E-state index contributed by atoms with van der Waals surface area (Å²) in [4.78, 5) is 107. The fraction of sp³-hybridized carbons (Fsp3) is 0.512. The van der Waals surface area contributed by atoms with Gasteiger partial charge in [-0.2, -0.15) is 0 Å². The summed E-state index contributed by atoms with van der Waals surface area (Å²) < 4.78 is 5.37. The predicted molar refractivity (Wildman–Crippen MR) is 219 cm³/mol. The molecule has 18 heteroatoms. The first-order valence-corrected chi connectivity index (χ1v) is 20.4. The Morgan fingerprint density at radius 2 is 1.63 bits per heavy atom. The molecular formula is C41H55ClN8O9. The van der Waals surface area contributed by atoms with Gasteiger partial charge in [-0.15, -0.1) is 0 Å². The van der Waals surface area contributed by atoms with E-state index < -0.39 is 84.2 Å². The molecule has 0 radical (unpaired) electrons. The summed E-state index contributed by atoms with van der Waals surface area (Å²) >= 11 is 6.08. The summed E-state index contributed by atoms with van der Waals surface area (Å²) in [5, 5.41) is 16.0. The molecule has 17 nitrogen and oxygen atoms in total. The Balaban J connectivity index is 1.51. The number of ether oxygens (including phenoxy) is 1. The molecule has 2 fully saturated rings. The van der Waals surface area contributed by atoms with Crippen molar-refractivity contribution in [1.82, 2.24) is 31.5 Å². The van der Waals surface area contributed by atoms with Crippen LogP contribution in [0.15, 0.2) is 54.6 Å². The predicted octanol–water partition coefficient (Wildman–Crippen LogP) is 3.08. The zero-order valence-electron chi connectivity index (χ0n) is 33.6. The van der Waals surface area contributed by atoms with Gasteiger partial charge < -0.3 is 47.3 Å². The van der Waals surface area contributed by atoms with E-state index in [0.717, 1.165) is 19.3 Å². The van der Waals surface area contributed by atoms with E-state index >= 15 is 0 Å². The molecule has 1 heterocycles. The molecule has 2 aliphatic rings. The van der Waals surface area contributed by atoms with E-state index in [2.05, 4.69) is 31.9 Å². The van der Waals surface area contributed by atoms with E-state index in [1.807, 2.05) is 13.8 Å². The van der Waals surface area contributed by atoms with Crippen molar-refractivity contribution in [3.8, 4) is 0 Å². The second-order valence-corrected chi connectivity index (χ2v) is 15.7. The Labute approximate surface area is 348 Å². The number of likely N-dealkylation sites (tertiary alicyclic amines) is 1. The van der Waals surface area contributed by atoms with Gasteiger partial charge in [0.15, 0.2) is 0 Å². The highest BCUT2D eigenvalue weighted by Gasteiger charge is 2.45. The number of alkyl carbamates (subject to hydrolysis) is 1. The number of urea groups is 1. The highest BCUT2D eigenvalue weighted by Crippen LogP contribution is 2.30. The van der Waals surface area contributed by atoms with Gasteiger partial charge >= 0.3 is 12.1 Å². The van der Waals surface area contributed by atoms with Gasteiger partial charge in [0.1, 0.15) is 18.1 Å². The van der Waals surface area contributed by atoms with Crippen LogP contribution in [-0.4, -0.2) is 96.2 Å². The number of ketones is 1. The van der Waals surface area contributed by atoms with Crippen LogP contribution in [0.25, 0.3) is 0 Å². The Hall–Kier alpha value is -5.71. The monoisotopic (exact) mass is 838 g/mol. The van der Waals surface area contributed by atoms with E-state index in [1.165, 1.54) is 4.90 Å². The lowest BCUT2D eigenvalue weighted by molar-refractivity contribution is -0.143. The highest BCUT2D eigenvalue weighted by molar-refractivity contribution is 6.38. The van der Waals surface area contributed by atoms with Gasteiger partial charge in [-0.3, -0.25) is 28.8 Å². The molecule has 8 amide bonds. The van der Waals surface area contributed by atoms with Crippen LogP contribution in [-0.2, 0) is 33.5 Å². The SMILES string of the molecule is CCCC(NC(=O)C1CC(NC(=O)Nc2cccc(Cl)c2)CN1C(=O)C(NC(=O)OCC(C)C)C1CCCCC1)C(=O)C(=O)NCC(=O)NC(C(N)=O)c1ccccc1. The molecule has 0 bridgehead atoms. The van der Waals surface area contributed by atoms with Crippen molar-refractivity contribution in [3.63, 3.8) is 0 Å². The first-order valence-electron chi connectivity index (χ1n) is 20.0. The van der Waals surface area contributed by atoms with Crippen LogP contribution in [0.1, 0.15) is 83.7 Å². The number of primary amides is 1. The summed E-state index contributed by atoms with van der Waals surface area (Å²) in [6.07, 6.45) is 3.57. The number of nitrogens with zero attached hydrogens (tertiary/aromatic N) is 1. The minimum atomic E-state index is -1.34. The summed E-state index contributed by atoms with van der Waals surface area (Å²) in [7, 11) is 0. The van der Waals surface area contributed by atoms with Crippen molar-refractivity contribution in [1.29, 1.82) is 0 Å². The molecule has 59 heavy (non-hydrogen) atoms. The van der Waals surface area contributed by atoms with Crippen LogP contribution in [0.3, 0.4) is 0 Å². The number of rotatable bonds is 18. The first kappa shape index (κ1) is 46.0. The third-order valence-electron chi connectivity index (χ3n) is 10.1. The van der Waals surface area contributed by atoms with Crippen molar-refractivity contribution in [2.24, 2.45) is 17.6 Å². The van der Waals surface area contributed by atoms with Crippen molar-refractivity contribution >= 4 is 64.7 Å². The maximum atomic E-state index is 14.5. The molecule has 5 unspecified atom stereocenters. The van der Waals surface area contributed by atoms with Crippen LogP contribution in [0, 0.1) is 11.8 Å². The first-order chi connectivity index (χ1) is 28.2. The van der Waals surface area contributed by atoms with Gasteiger partial charge in [-0.1, -0.05) is 94.5 Å². The van der Waals surface area contributed by atoms with Crippen LogP contribution in [0.5, 0.6) is 0 Å². The van der Waals surface area contributed by atoms with E-state index in [4.69, 9.17) is 22.1 Å². The number of Topliss-reactive ketones (excluding diaryl/α,β-unsaturated/α-hetero) is 1. The van der Waals surface area contributed by atoms with Gasteiger partial charge in [0, 0.05) is 17.3 Å². The summed E-state index contributed by atoms with van der Waals surface area (Å²) in [5.74, 6) is -5.32. The van der Waals surface area contributed by atoms with Crippen molar-refractivity contribution < 1.29 is 43.1 Å². The Morgan fingerprint density at radius 1 is 0.915 bits per heavy atom. The number of carbonyl (C=O) groups is 8. The Kier molecular flexibility index (Phi) is 17.5. The number of halogens is 1. The molecule has 320 valence electrons. The third-order valence-corrected chi connectivity index (χ3v) is 10.3. The number of hydrogen-bond acceptors (Lipinski definition) is 9. The molecule has 1 aliphatic heterocycles. The molecule has 1 saturated heterocycles. The van der Waals surface area contributed by atoms with E-state index in [0.29, 0.717) is 35.5 Å². The number of benzene rings is 2. The normalized spacial score (nSPS) is 18.1. The maximum absolute atomic E-state index is 14.5. The molecule has 2 aromatic carbocycles. The van der Waals surface area contributed by atoms with Crippen molar-refractivity contribution in [3.05, 3.63) is 65.2 Å². The zero-order chi connectivity index (χ0) is 43.1. The van der Waals surface area contributed by atoms with Gasteiger partial charge in [0.25, 0.3) is 5.91 Å². The molecule has 4 rings (SSSR count). The average molecular weight is 839 g/mol. The lowest BCUT2D eigenvalue weighted by Crippen LogP contribution is -2.58. The van der Waals surface area contributed by atoms with Crippen LogP contribution >= 0.6 is 11.6 Å². The second-order valence-electron chi connectivity index (χ2n) is 15.3. The quantitative estimate of drug-likeness (QED) is 0.109. The number of nitrogens with one attached hydrogen (secondary N) is 6. The van der Waals surface area contributed by atoms with Crippen LogP contribution < -0.4 is 37.6 Å². The largest absolute Gasteiger partial charge is 0.449 e. The molecule has 0 spiro atoms. The van der Waals surface area contributed by atoms with Gasteiger partial charge in [0.05, 0.1) is 25.2 Å². The highest BCUT2D eigenvalue weighted by atomic mass is 35.5. The number of anilines is 1. The Morgan fingerprint density at radius 3 is 2.27 bits per heavy atom. The average Bonchev–Trinajstić information content (AvgIpc) is 3.63. The molecule has 1 aliphatic carbocycles. The van der Waals surface area contributed by atoms with Gasteiger partial charge in [0.2, 0.25) is 29.4 Å². The maximum Gasteiger partial charge on any atom is 0.407 e. The molecule has 1 saturated carbocycles. The van der Waals surface area contributed by atoms with Gasteiger partial charge in [-0.25, -0.2) is 9.59 Å². The molecule has 5 atom stereocenters. The smallest absolute Gasteiger partial charge is 0.407 e. The van der Waals surface area contributed by atoms with E-state index in [-0.39, 0.29) is 37.8 Å². The summed E-state index contributed by atoms with van der Waals surface area (Å²) in [6.45, 7) is 4.86. The van der Waals surface area contributed by atoms with E-state index in [9.17, 15) is 38.4 Å². The standard InChI is InChI=1S/C41H55ClN8O9/c1-4-12-30(35(52)38(55)44-21-32(51)48-33(36(43)53)25-13-7-5-8-14-25)47-37(54)31-20-29(46-40(57)45-28-18-11-17-27(42)19-28)22-50(31)39(56)34(26-15-9-6-10-16-26)49-41(58)59-23-24(2)3/h5,7-8,11,13-14,17-19,24,26,29-31,33-34H,4,6,9-10,12,15-16,20-23H2,1-3H3,(H2,43,53)(H,44,55)(H,47,54)(H,48,51)(H,49,58)(H2,45,46,57). The van der Waals surface area contributed by atoms with Crippen LogP contribution in [0.4, 0.5) is 15.3 Å². The minimum absolute atomic E-state index is 0.0419. The second kappa shape index (κ2) is 22.4. The number of hydrogen-bond donors (Lipinski definition) is 7. The number of nitrogens with two attached hydrogens (primary N) is 1. The minimum Gasteiger partial charge on any atom is -0.449 e. The van der Waals surface area contributed by atoms with Gasteiger partial charge in [-0.05, 0) is 61.3 Å². The molecule has 0 aromatic heterocycles. The summed E-state index contributed by atoms with van der Waals surface area (Å²) in [5.41, 5.74) is 6.31. The fourth-order valence-electron chi connectivity index (χ4n) is 7.20.